The van der Waals surface area contributed by atoms with Crippen molar-refractivity contribution in [2.75, 3.05) is 58.4 Å². The van der Waals surface area contributed by atoms with Crippen LogP contribution in [0.2, 0.25) is 0 Å². The maximum absolute atomic E-state index is 12.3. The van der Waals surface area contributed by atoms with Crippen molar-refractivity contribution in [2.24, 2.45) is 10.9 Å². The summed E-state index contributed by atoms with van der Waals surface area (Å²) in [6.45, 7) is 6.44. The minimum absolute atomic E-state index is 0.0147. The molecular weight excluding hydrogens is 394 g/mol. The zero-order valence-corrected chi connectivity index (χ0v) is 18.7. The molecule has 8 heteroatoms. The number of nitrogens with zero attached hydrogens (tertiary/aromatic N) is 2. The van der Waals surface area contributed by atoms with Gasteiger partial charge in [0.15, 0.2) is 5.96 Å². The third-order valence-corrected chi connectivity index (χ3v) is 5.71. The summed E-state index contributed by atoms with van der Waals surface area (Å²) in [7, 11) is 1.77. The molecule has 0 unspecified atom stereocenters. The monoisotopic (exact) mass is 431 g/mol. The smallest absolute Gasteiger partial charge is 0.321 e. The molecule has 172 valence electrons. The van der Waals surface area contributed by atoms with Crippen molar-refractivity contribution in [1.29, 1.82) is 0 Å². The second kappa shape index (κ2) is 13.2. The topological polar surface area (TPSA) is 87.2 Å². The van der Waals surface area contributed by atoms with E-state index in [1.54, 1.807) is 7.05 Å². The van der Waals surface area contributed by atoms with Crippen LogP contribution in [0.3, 0.4) is 0 Å². The second-order valence-corrected chi connectivity index (χ2v) is 8.16. The SMILES string of the molecule is CN=C(NCCCOCC1CCOCC1)NCc1cccc(NC(=O)N2CCCC2)c1. The Morgan fingerprint density at radius 2 is 2.03 bits per heavy atom. The Labute approximate surface area is 185 Å². The van der Waals surface area contributed by atoms with Gasteiger partial charge in [-0.25, -0.2) is 4.79 Å². The average molecular weight is 432 g/mol. The van der Waals surface area contributed by atoms with Crippen LogP contribution in [0.5, 0.6) is 0 Å². The van der Waals surface area contributed by atoms with Gasteiger partial charge in [0.1, 0.15) is 0 Å². The number of rotatable bonds is 9. The molecule has 31 heavy (non-hydrogen) atoms. The molecule has 0 aliphatic carbocycles. The molecule has 8 nitrogen and oxygen atoms in total. The van der Waals surface area contributed by atoms with E-state index in [1.807, 2.05) is 29.2 Å². The second-order valence-electron chi connectivity index (χ2n) is 8.16. The molecule has 1 aromatic rings. The number of hydrogen-bond acceptors (Lipinski definition) is 4. The van der Waals surface area contributed by atoms with Gasteiger partial charge in [-0.05, 0) is 55.7 Å². The first-order valence-corrected chi connectivity index (χ1v) is 11.5. The van der Waals surface area contributed by atoms with E-state index in [4.69, 9.17) is 9.47 Å². The Morgan fingerprint density at radius 3 is 2.81 bits per heavy atom. The number of aliphatic imine (C=N–C) groups is 1. The molecule has 3 N–H and O–H groups in total. The number of anilines is 1. The van der Waals surface area contributed by atoms with Crippen LogP contribution in [0.1, 0.15) is 37.7 Å². The number of carbonyl (C=O) groups is 1. The van der Waals surface area contributed by atoms with E-state index < -0.39 is 0 Å². The molecule has 0 bridgehead atoms. The van der Waals surface area contributed by atoms with Crippen molar-refractivity contribution in [3.05, 3.63) is 29.8 Å². The summed E-state index contributed by atoms with van der Waals surface area (Å²) in [6.07, 6.45) is 5.33. The molecule has 2 heterocycles. The van der Waals surface area contributed by atoms with Gasteiger partial charge >= 0.3 is 6.03 Å². The first-order valence-electron chi connectivity index (χ1n) is 11.5. The molecular formula is C23H37N5O3. The first-order chi connectivity index (χ1) is 15.2. The third-order valence-electron chi connectivity index (χ3n) is 5.71. The van der Waals surface area contributed by atoms with Crippen LogP contribution >= 0.6 is 0 Å². The van der Waals surface area contributed by atoms with Crippen LogP contribution in [0.25, 0.3) is 0 Å². The molecule has 2 fully saturated rings. The maximum atomic E-state index is 12.3. The largest absolute Gasteiger partial charge is 0.381 e. The molecule has 2 aliphatic heterocycles. The molecule has 0 radical (unpaired) electrons. The lowest BCUT2D eigenvalue weighted by atomic mass is 10.0. The number of amides is 2. The first kappa shape index (κ1) is 23.3. The summed E-state index contributed by atoms with van der Waals surface area (Å²) < 4.78 is 11.2. The number of urea groups is 1. The molecule has 0 saturated carbocycles. The highest BCUT2D eigenvalue weighted by Gasteiger charge is 2.17. The molecule has 2 saturated heterocycles. The fraction of sp³-hybridized carbons (Fsp3) is 0.652. The van der Waals surface area contributed by atoms with Crippen LogP contribution < -0.4 is 16.0 Å². The molecule has 0 atom stereocenters. The summed E-state index contributed by atoms with van der Waals surface area (Å²) in [4.78, 5) is 18.4. The lowest BCUT2D eigenvalue weighted by Crippen LogP contribution is -2.37. The standard InChI is InChI=1S/C23H37N5O3/c1-24-22(25-10-5-13-31-18-19-8-14-30-15-9-19)26-17-20-6-4-7-21(16-20)27-23(29)28-11-2-3-12-28/h4,6-7,16,19H,2-3,5,8-15,17-18H2,1H3,(H,27,29)(H2,24,25,26). The van der Waals surface area contributed by atoms with Gasteiger partial charge in [0.25, 0.3) is 0 Å². The number of guanidine groups is 1. The summed E-state index contributed by atoms with van der Waals surface area (Å²) >= 11 is 0. The molecule has 0 spiro atoms. The Hall–Kier alpha value is -2.32. The summed E-state index contributed by atoms with van der Waals surface area (Å²) in [5.74, 6) is 1.41. The number of likely N-dealkylation sites (tertiary alicyclic amines) is 1. The van der Waals surface area contributed by atoms with E-state index in [1.165, 1.54) is 0 Å². The van der Waals surface area contributed by atoms with E-state index in [-0.39, 0.29) is 6.03 Å². The lowest BCUT2D eigenvalue weighted by molar-refractivity contribution is 0.0203. The van der Waals surface area contributed by atoms with E-state index in [0.717, 1.165) is 95.4 Å². The fourth-order valence-electron chi connectivity index (χ4n) is 3.83. The van der Waals surface area contributed by atoms with E-state index in [0.29, 0.717) is 12.5 Å². The minimum atomic E-state index is -0.0147. The van der Waals surface area contributed by atoms with E-state index in [2.05, 4.69) is 20.9 Å². The highest BCUT2D eigenvalue weighted by Crippen LogP contribution is 2.15. The van der Waals surface area contributed by atoms with Crippen LogP contribution in [0.4, 0.5) is 10.5 Å². The highest BCUT2D eigenvalue weighted by molar-refractivity contribution is 5.89. The lowest BCUT2D eigenvalue weighted by Gasteiger charge is -2.21. The number of hydrogen-bond donors (Lipinski definition) is 3. The fourth-order valence-corrected chi connectivity index (χ4v) is 3.83. The molecule has 2 aliphatic rings. The zero-order chi connectivity index (χ0) is 21.7. The Bertz CT molecular complexity index is 700. The Balaban J connectivity index is 1.31. The van der Waals surface area contributed by atoms with Gasteiger partial charge in [0.05, 0.1) is 0 Å². The molecule has 1 aromatic carbocycles. The summed E-state index contributed by atoms with van der Waals surface area (Å²) in [6, 6.07) is 7.90. The summed E-state index contributed by atoms with van der Waals surface area (Å²) in [5, 5.41) is 9.65. The van der Waals surface area contributed by atoms with Gasteiger partial charge in [0, 0.05) is 65.3 Å². The van der Waals surface area contributed by atoms with Crippen molar-refractivity contribution in [3.8, 4) is 0 Å². The third kappa shape index (κ3) is 8.38. The van der Waals surface area contributed by atoms with Gasteiger partial charge in [-0.2, -0.15) is 0 Å². The average Bonchev–Trinajstić information content (AvgIpc) is 3.34. The van der Waals surface area contributed by atoms with Crippen molar-refractivity contribution in [2.45, 2.75) is 38.6 Å². The van der Waals surface area contributed by atoms with Crippen molar-refractivity contribution in [1.82, 2.24) is 15.5 Å². The van der Waals surface area contributed by atoms with Crippen molar-refractivity contribution in [3.63, 3.8) is 0 Å². The van der Waals surface area contributed by atoms with Crippen molar-refractivity contribution >= 4 is 17.7 Å². The Morgan fingerprint density at radius 1 is 1.23 bits per heavy atom. The van der Waals surface area contributed by atoms with Gasteiger partial charge in [-0.1, -0.05) is 12.1 Å². The van der Waals surface area contributed by atoms with Crippen molar-refractivity contribution < 1.29 is 14.3 Å². The van der Waals surface area contributed by atoms with Crippen LogP contribution in [0.15, 0.2) is 29.3 Å². The number of carbonyl (C=O) groups excluding carboxylic acids is 1. The van der Waals surface area contributed by atoms with Crippen LogP contribution in [0, 0.1) is 5.92 Å². The number of nitrogens with one attached hydrogen (secondary N) is 3. The van der Waals surface area contributed by atoms with Crippen LogP contribution in [-0.2, 0) is 16.0 Å². The van der Waals surface area contributed by atoms with Gasteiger partial charge in [-0.3, -0.25) is 4.99 Å². The Kier molecular flexibility index (Phi) is 9.92. The minimum Gasteiger partial charge on any atom is -0.381 e. The zero-order valence-electron chi connectivity index (χ0n) is 18.7. The predicted molar refractivity (Wildman–Crippen MR) is 123 cm³/mol. The molecule has 2 amide bonds. The van der Waals surface area contributed by atoms with E-state index in [9.17, 15) is 4.79 Å². The van der Waals surface area contributed by atoms with E-state index >= 15 is 0 Å². The van der Waals surface area contributed by atoms with Gasteiger partial charge < -0.3 is 30.3 Å². The summed E-state index contributed by atoms with van der Waals surface area (Å²) in [5.41, 5.74) is 1.91. The molecule has 3 rings (SSSR count). The van der Waals surface area contributed by atoms with Crippen LogP contribution in [-0.4, -0.2) is 70.0 Å². The van der Waals surface area contributed by atoms with Gasteiger partial charge in [-0.15, -0.1) is 0 Å². The number of benzene rings is 1. The highest BCUT2D eigenvalue weighted by atomic mass is 16.5. The number of ether oxygens (including phenoxy) is 2. The normalized spacial score (nSPS) is 17.6. The van der Waals surface area contributed by atoms with Gasteiger partial charge in [0.2, 0.25) is 0 Å². The molecule has 0 aromatic heterocycles. The predicted octanol–water partition coefficient (Wildman–Crippen LogP) is 2.81. The quantitative estimate of drug-likeness (QED) is 0.318. The maximum Gasteiger partial charge on any atom is 0.321 e.